The Bertz CT molecular complexity index is 663. The zero-order chi connectivity index (χ0) is 15.5. The minimum Gasteiger partial charge on any atom is -0.306 e. The van der Waals surface area contributed by atoms with Crippen molar-refractivity contribution >= 4 is 34.8 Å². The van der Waals surface area contributed by atoms with Gasteiger partial charge in [0.05, 0.1) is 11.7 Å². The number of anilines is 1. The van der Waals surface area contributed by atoms with Gasteiger partial charge >= 0.3 is 0 Å². The lowest BCUT2D eigenvalue weighted by Gasteiger charge is -2.21. The van der Waals surface area contributed by atoms with Gasteiger partial charge < -0.3 is 10.6 Å². The maximum atomic E-state index is 12.3. The van der Waals surface area contributed by atoms with Gasteiger partial charge in [-0.3, -0.25) is 4.79 Å². The van der Waals surface area contributed by atoms with E-state index in [9.17, 15) is 4.79 Å². The molecular weight excluding hydrogens is 330 g/mol. The summed E-state index contributed by atoms with van der Waals surface area (Å²) in [6.45, 7) is 5.03. The van der Waals surface area contributed by atoms with Crippen molar-refractivity contribution < 1.29 is 4.79 Å². The molecule has 2 aromatic rings. The molecule has 1 aliphatic rings. The number of carbonyl (C=O) groups is 1. The van der Waals surface area contributed by atoms with E-state index in [-0.39, 0.29) is 24.4 Å². The molecule has 0 bridgehead atoms. The first-order chi connectivity index (χ1) is 10.6. The average molecular weight is 352 g/mol. The van der Waals surface area contributed by atoms with E-state index < -0.39 is 0 Å². The van der Waals surface area contributed by atoms with Gasteiger partial charge in [0, 0.05) is 10.4 Å². The molecular formula is C17H22ClN3OS. The fraction of sp³-hybridized carbons (Fsp3) is 0.412. The molecule has 1 atom stereocenters. The van der Waals surface area contributed by atoms with Crippen LogP contribution in [0.25, 0.3) is 11.3 Å². The number of hydrogen-bond donors (Lipinski definition) is 2. The molecule has 3 rings (SSSR count). The van der Waals surface area contributed by atoms with Crippen molar-refractivity contribution in [2.24, 2.45) is 0 Å². The molecule has 0 spiro atoms. The summed E-state index contributed by atoms with van der Waals surface area (Å²) in [5.74, 6) is 0.0314. The fourth-order valence-electron chi connectivity index (χ4n) is 2.70. The lowest BCUT2D eigenvalue weighted by molar-refractivity contribution is -0.118. The summed E-state index contributed by atoms with van der Waals surface area (Å²) >= 11 is 1.53. The Hall–Kier alpha value is -1.43. The van der Waals surface area contributed by atoms with Crippen LogP contribution in [0.15, 0.2) is 24.3 Å². The van der Waals surface area contributed by atoms with E-state index in [1.807, 2.05) is 6.92 Å². The standard InChI is InChI=1S/C17H21N3OS.ClH/c1-11-6-8-13(9-7-11)15-12(2)22-17(19-15)20-16(21)14-5-3-4-10-18-14;/h6-9,14,18H,3-5,10H2,1-2H3,(H,19,20,21);1H. The zero-order valence-corrected chi connectivity index (χ0v) is 15.0. The predicted molar refractivity (Wildman–Crippen MR) is 98.5 cm³/mol. The first-order valence-corrected chi connectivity index (χ1v) is 8.54. The normalized spacial score (nSPS) is 17.4. The van der Waals surface area contributed by atoms with Gasteiger partial charge in [-0.05, 0) is 33.2 Å². The Kier molecular flexibility index (Phi) is 6.16. The number of thiazole rings is 1. The van der Waals surface area contributed by atoms with E-state index in [1.54, 1.807) is 0 Å². The van der Waals surface area contributed by atoms with Crippen LogP contribution in [0.5, 0.6) is 0 Å². The molecule has 0 saturated carbocycles. The number of carbonyl (C=O) groups excluding carboxylic acids is 1. The summed E-state index contributed by atoms with van der Waals surface area (Å²) in [6.07, 6.45) is 3.16. The molecule has 6 heteroatoms. The molecule has 2 heterocycles. The number of nitrogens with zero attached hydrogens (tertiary/aromatic N) is 1. The highest BCUT2D eigenvalue weighted by atomic mass is 35.5. The number of amides is 1. The van der Waals surface area contributed by atoms with Crippen LogP contribution in [-0.2, 0) is 4.79 Å². The Morgan fingerprint density at radius 3 is 2.65 bits per heavy atom. The van der Waals surface area contributed by atoms with Gasteiger partial charge in [-0.1, -0.05) is 36.2 Å². The highest BCUT2D eigenvalue weighted by Gasteiger charge is 2.21. The number of halogens is 1. The molecule has 1 aromatic heterocycles. The summed E-state index contributed by atoms with van der Waals surface area (Å²) in [5, 5.41) is 6.91. The number of nitrogens with one attached hydrogen (secondary N) is 2. The van der Waals surface area contributed by atoms with E-state index >= 15 is 0 Å². The van der Waals surface area contributed by atoms with Crippen molar-refractivity contribution in [3.05, 3.63) is 34.7 Å². The molecule has 4 nitrogen and oxygen atoms in total. The molecule has 1 saturated heterocycles. The van der Waals surface area contributed by atoms with Crippen molar-refractivity contribution in [1.82, 2.24) is 10.3 Å². The second-order valence-corrected chi connectivity index (χ2v) is 6.98. The number of piperidine rings is 1. The quantitative estimate of drug-likeness (QED) is 0.880. The molecule has 1 aliphatic heterocycles. The van der Waals surface area contributed by atoms with Crippen LogP contribution in [0.1, 0.15) is 29.7 Å². The zero-order valence-electron chi connectivity index (χ0n) is 13.4. The first kappa shape index (κ1) is 17.9. The summed E-state index contributed by atoms with van der Waals surface area (Å²) < 4.78 is 0. The van der Waals surface area contributed by atoms with Gasteiger partial charge in [0.1, 0.15) is 0 Å². The first-order valence-electron chi connectivity index (χ1n) is 7.72. The third-order valence-corrected chi connectivity index (χ3v) is 4.86. The van der Waals surface area contributed by atoms with Gasteiger partial charge in [-0.25, -0.2) is 4.98 Å². The molecule has 0 aliphatic carbocycles. The molecule has 1 aromatic carbocycles. The predicted octanol–water partition coefficient (Wildman–Crippen LogP) is 3.93. The van der Waals surface area contributed by atoms with Crippen molar-refractivity contribution in [3.63, 3.8) is 0 Å². The van der Waals surface area contributed by atoms with Crippen LogP contribution in [0, 0.1) is 13.8 Å². The number of hydrogen-bond acceptors (Lipinski definition) is 4. The molecule has 1 amide bonds. The molecule has 0 radical (unpaired) electrons. The van der Waals surface area contributed by atoms with E-state index in [4.69, 9.17) is 0 Å². The van der Waals surface area contributed by atoms with E-state index in [0.29, 0.717) is 5.13 Å². The third kappa shape index (κ3) is 4.31. The maximum Gasteiger partial charge on any atom is 0.243 e. The SMILES string of the molecule is Cc1ccc(-c2nc(NC(=O)C3CCCCN3)sc2C)cc1.Cl. The van der Waals surface area contributed by atoms with Crippen LogP contribution in [0.4, 0.5) is 5.13 Å². The summed E-state index contributed by atoms with van der Waals surface area (Å²) in [7, 11) is 0. The van der Waals surface area contributed by atoms with Crippen molar-refractivity contribution in [1.29, 1.82) is 0 Å². The smallest absolute Gasteiger partial charge is 0.243 e. The summed E-state index contributed by atoms with van der Waals surface area (Å²) in [5.41, 5.74) is 3.28. The molecule has 2 N–H and O–H groups in total. The Labute approximate surface area is 147 Å². The van der Waals surface area contributed by atoms with Gasteiger partial charge in [-0.15, -0.1) is 23.7 Å². The van der Waals surface area contributed by atoms with Gasteiger partial charge in [0.25, 0.3) is 0 Å². The second-order valence-electron chi connectivity index (χ2n) is 5.78. The number of aromatic nitrogens is 1. The number of aryl methyl sites for hydroxylation is 2. The topological polar surface area (TPSA) is 54.0 Å². The number of rotatable bonds is 3. The average Bonchev–Trinajstić information content (AvgIpc) is 2.89. The number of benzene rings is 1. The summed E-state index contributed by atoms with van der Waals surface area (Å²) in [4.78, 5) is 18.0. The highest BCUT2D eigenvalue weighted by Crippen LogP contribution is 2.30. The Morgan fingerprint density at radius 1 is 1.26 bits per heavy atom. The van der Waals surface area contributed by atoms with Crippen molar-refractivity contribution in [2.45, 2.75) is 39.2 Å². The highest BCUT2D eigenvalue weighted by molar-refractivity contribution is 7.16. The Morgan fingerprint density at radius 2 is 2.00 bits per heavy atom. The van der Waals surface area contributed by atoms with Gasteiger partial charge in [0.2, 0.25) is 5.91 Å². The minimum atomic E-state index is -0.0826. The lowest BCUT2D eigenvalue weighted by Crippen LogP contribution is -2.43. The maximum absolute atomic E-state index is 12.3. The Balaban J connectivity index is 0.00000192. The van der Waals surface area contributed by atoms with Crippen LogP contribution in [-0.4, -0.2) is 23.5 Å². The van der Waals surface area contributed by atoms with Crippen LogP contribution < -0.4 is 10.6 Å². The monoisotopic (exact) mass is 351 g/mol. The molecule has 23 heavy (non-hydrogen) atoms. The third-order valence-electron chi connectivity index (χ3n) is 3.98. The van der Waals surface area contributed by atoms with E-state index in [2.05, 4.69) is 46.8 Å². The van der Waals surface area contributed by atoms with Crippen LogP contribution >= 0.6 is 23.7 Å². The largest absolute Gasteiger partial charge is 0.306 e. The van der Waals surface area contributed by atoms with Crippen LogP contribution in [0.2, 0.25) is 0 Å². The van der Waals surface area contributed by atoms with Gasteiger partial charge in [0.15, 0.2) is 5.13 Å². The summed E-state index contributed by atoms with van der Waals surface area (Å²) in [6, 6.07) is 8.23. The van der Waals surface area contributed by atoms with Crippen molar-refractivity contribution in [2.75, 3.05) is 11.9 Å². The minimum absolute atomic E-state index is 0. The second kappa shape index (κ2) is 7.90. The van der Waals surface area contributed by atoms with Crippen LogP contribution in [0.3, 0.4) is 0 Å². The van der Waals surface area contributed by atoms with E-state index in [1.165, 1.54) is 16.9 Å². The molecule has 1 unspecified atom stereocenters. The molecule has 1 fully saturated rings. The fourth-order valence-corrected chi connectivity index (χ4v) is 3.54. The lowest BCUT2D eigenvalue weighted by atomic mass is 10.0. The van der Waals surface area contributed by atoms with Gasteiger partial charge in [-0.2, -0.15) is 0 Å². The van der Waals surface area contributed by atoms with E-state index in [0.717, 1.165) is 41.9 Å². The molecule has 124 valence electrons. The van der Waals surface area contributed by atoms with Crippen molar-refractivity contribution in [3.8, 4) is 11.3 Å².